The predicted molar refractivity (Wildman–Crippen MR) is 69.6 cm³/mol. The first-order valence-corrected chi connectivity index (χ1v) is 6.94. The number of aliphatic carboxylic acids is 1. The van der Waals surface area contributed by atoms with Crippen LogP contribution in [0.1, 0.15) is 45.4 Å². The first-order valence-electron chi connectivity index (χ1n) is 6.94. The second-order valence-corrected chi connectivity index (χ2v) is 5.31. The molecule has 0 bridgehead atoms. The van der Waals surface area contributed by atoms with Crippen molar-refractivity contribution in [3.63, 3.8) is 0 Å². The molecule has 0 aromatic heterocycles. The zero-order valence-corrected chi connectivity index (χ0v) is 11.6. The molecule has 0 heterocycles. The van der Waals surface area contributed by atoms with E-state index < -0.39 is 11.4 Å². The molecule has 0 aromatic carbocycles. The van der Waals surface area contributed by atoms with Crippen LogP contribution in [0.3, 0.4) is 0 Å². The summed E-state index contributed by atoms with van der Waals surface area (Å²) in [6, 6.07) is 0. The van der Waals surface area contributed by atoms with Crippen LogP contribution in [-0.2, 0) is 14.3 Å². The van der Waals surface area contributed by atoms with Gasteiger partial charge in [-0.2, -0.15) is 0 Å². The van der Waals surface area contributed by atoms with E-state index in [1.807, 2.05) is 0 Å². The molecule has 1 fully saturated rings. The minimum atomic E-state index is -0.640. The molecule has 2 atom stereocenters. The van der Waals surface area contributed by atoms with Crippen molar-refractivity contribution in [2.45, 2.75) is 45.4 Å². The number of carbonyl (C=O) groups is 1. The summed E-state index contributed by atoms with van der Waals surface area (Å²) in [5, 5.41) is 9.44. The summed E-state index contributed by atoms with van der Waals surface area (Å²) in [4.78, 5) is 11.5. The summed E-state index contributed by atoms with van der Waals surface area (Å²) < 4.78 is 10.4. The zero-order chi connectivity index (χ0) is 13.4. The zero-order valence-electron chi connectivity index (χ0n) is 11.6. The Kier molecular flexibility index (Phi) is 6.65. The number of carboxylic acid groups (broad SMARTS) is 1. The van der Waals surface area contributed by atoms with E-state index in [0.29, 0.717) is 32.2 Å². The van der Waals surface area contributed by atoms with Crippen LogP contribution in [0.5, 0.6) is 0 Å². The average Bonchev–Trinajstić information content (AvgIpc) is 2.79. The molecule has 0 radical (unpaired) electrons. The standard InChI is InChI=1S/C14H26O4/c1-3-12-5-6-14(11-12,13(15)16)7-10-18-9-4-8-17-2/h12H,3-11H2,1-2H3,(H,15,16). The minimum Gasteiger partial charge on any atom is -0.481 e. The molecule has 0 aliphatic heterocycles. The van der Waals surface area contributed by atoms with E-state index in [-0.39, 0.29) is 0 Å². The van der Waals surface area contributed by atoms with Gasteiger partial charge in [-0.1, -0.05) is 13.3 Å². The lowest BCUT2D eigenvalue weighted by Crippen LogP contribution is -2.30. The first-order chi connectivity index (χ1) is 8.64. The Balaban J connectivity index is 2.29. The minimum absolute atomic E-state index is 0.526. The van der Waals surface area contributed by atoms with E-state index in [0.717, 1.165) is 32.1 Å². The number of carboxylic acids is 1. The molecule has 0 aromatic rings. The fourth-order valence-corrected chi connectivity index (χ4v) is 2.79. The molecule has 4 heteroatoms. The van der Waals surface area contributed by atoms with Gasteiger partial charge >= 0.3 is 5.97 Å². The highest BCUT2D eigenvalue weighted by Crippen LogP contribution is 2.45. The van der Waals surface area contributed by atoms with Crippen molar-refractivity contribution in [2.75, 3.05) is 26.9 Å². The Morgan fingerprint density at radius 3 is 2.72 bits per heavy atom. The Hall–Kier alpha value is -0.610. The fourth-order valence-electron chi connectivity index (χ4n) is 2.79. The van der Waals surface area contributed by atoms with Crippen LogP contribution in [0.25, 0.3) is 0 Å². The van der Waals surface area contributed by atoms with Crippen LogP contribution >= 0.6 is 0 Å². The highest BCUT2D eigenvalue weighted by Gasteiger charge is 2.44. The van der Waals surface area contributed by atoms with Crippen molar-refractivity contribution in [3.8, 4) is 0 Å². The molecule has 2 unspecified atom stereocenters. The van der Waals surface area contributed by atoms with Crippen LogP contribution in [0.2, 0.25) is 0 Å². The maximum atomic E-state index is 11.5. The van der Waals surface area contributed by atoms with Gasteiger partial charge in [-0.3, -0.25) is 4.79 Å². The van der Waals surface area contributed by atoms with Crippen LogP contribution in [0.4, 0.5) is 0 Å². The molecule has 0 saturated heterocycles. The Morgan fingerprint density at radius 2 is 2.17 bits per heavy atom. The lowest BCUT2D eigenvalue weighted by atomic mass is 9.82. The van der Waals surface area contributed by atoms with Gasteiger partial charge in [0.15, 0.2) is 0 Å². The van der Waals surface area contributed by atoms with Crippen molar-refractivity contribution >= 4 is 5.97 Å². The van der Waals surface area contributed by atoms with Crippen molar-refractivity contribution in [2.24, 2.45) is 11.3 Å². The van der Waals surface area contributed by atoms with E-state index in [1.165, 1.54) is 0 Å². The number of ether oxygens (including phenoxy) is 2. The summed E-state index contributed by atoms with van der Waals surface area (Å²) in [6.07, 6.45) is 5.28. The molecule has 1 rings (SSSR count). The molecule has 0 spiro atoms. The third-order valence-electron chi connectivity index (χ3n) is 4.10. The van der Waals surface area contributed by atoms with Gasteiger partial charge in [-0.25, -0.2) is 0 Å². The smallest absolute Gasteiger partial charge is 0.309 e. The van der Waals surface area contributed by atoms with Crippen LogP contribution < -0.4 is 0 Å². The maximum absolute atomic E-state index is 11.5. The van der Waals surface area contributed by atoms with Gasteiger partial charge in [0.05, 0.1) is 5.41 Å². The molecule has 1 saturated carbocycles. The summed E-state index contributed by atoms with van der Waals surface area (Å²) in [5.41, 5.74) is -0.526. The third-order valence-corrected chi connectivity index (χ3v) is 4.10. The van der Waals surface area contributed by atoms with E-state index in [9.17, 15) is 9.90 Å². The summed E-state index contributed by atoms with van der Waals surface area (Å²) in [7, 11) is 1.67. The van der Waals surface area contributed by atoms with Gasteiger partial charge < -0.3 is 14.6 Å². The quantitative estimate of drug-likeness (QED) is 0.646. The normalized spacial score (nSPS) is 27.6. The van der Waals surface area contributed by atoms with Crippen LogP contribution in [0, 0.1) is 11.3 Å². The van der Waals surface area contributed by atoms with Gasteiger partial charge in [0, 0.05) is 26.9 Å². The molecule has 1 N–H and O–H groups in total. The number of rotatable bonds is 9. The summed E-state index contributed by atoms with van der Waals surface area (Å²) >= 11 is 0. The number of methoxy groups -OCH3 is 1. The number of hydrogen-bond donors (Lipinski definition) is 1. The highest BCUT2D eigenvalue weighted by atomic mass is 16.5. The SMILES string of the molecule is CCC1CCC(CCOCCCOC)(C(=O)O)C1. The van der Waals surface area contributed by atoms with Gasteiger partial charge in [-0.05, 0) is 38.0 Å². The van der Waals surface area contributed by atoms with Gasteiger partial charge in [-0.15, -0.1) is 0 Å². The van der Waals surface area contributed by atoms with E-state index in [4.69, 9.17) is 9.47 Å². The van der Waals surface area contributed by atoms with E-state index >= 15 is 0 Å². The predicted octanol–water partition coefficient (Wildman–Crippen LogP) is 2.71. The topological polar surface area (TPSA) is 55.8 Å². The second kappa shape index (κ2) is 7.74. The number of hydrogen-bond acceptors (Lipinski definition) is 3. The second-order valence-electron chi connectivity index (χ2n) is 5.31. The maximum Gasteiger partial charge on any atom is 0.309 e. The molecular weight excluding hydrogens is 232 g/mol. The van der Waals surface area contributed by atoms with Gasteiger partial charge in [0.1, 0.15) is 0 Å². The summed E-state index contributed by atoms with van der Waals surface area (Å²) in [6.45, 7) is 4.04. The Bertz CT molecular complexity index is 254. The lowest BCUT2D eigenvalue weighted by molar-refractivity contribution is -0.150. The third kappa shape index (κ3) is 4.25. The van der Waals surface area contributed by atoms with Gasteiger partial charge in [0.2, 0.25) is 0 Å². The van der Waals surface area contributed by atoms with Gasteiger partial charge in [0.25, 0.3) is 0 Å². The van der Waals surface area contributed by atoms with E-state index in [1.54, 1.807) is 7.11 Å². The molecule has 4 nitrogen and oxygen atoms in total. The largest absolute Gasteiger partial charge is 0.481 e. The van der Waals surface area contributed by atoms with Crippen molar-refractivity contribution < 1.29 is 19.4 Å². The molecule has 18 heavy (non-hydrogen) atoms. The van der Waals surface area contributed by atoms with Crippen LogP contribution in [0.15, 0.2) is 0 Å². The Morgan fingerprint density at radius 1 is 1.39 bits per heavy atom. The highest BCUT2D eigenvalue weighted by molar-refractivity contribution is 5.75. The van der Waals surface area contributed by atoms with Crippen molar-refractivity contribution in [3.05, 3.63) is 0 Å². The monoisotopic (exact) mass is 258 g/mol. The lowest BCUT2D eigenvalue weighted by Gasteiger charge is -2.24. The fraction of sp³-hybridized carbons (Fsp3) is 0.929. The molecule has 1 aliphatic carbocycles. The molecule has 0 amide bonds. The Labute approximate surface area is 110 Å². The molecule has 1 aliphatic rings. The van der Waals surface area contributed by atoms with Crippen molar-refractivity contribution in [1.82, 2.24) is 0 Å². The van der Waals surface area contributed by atoms with Crippen LogP contribution in [-0.4, -0.2) is 38.0 Å². The van der Waals surface area contributed by atoms with E-state index in [2.05, 4.69) is 6.92 Å². The van der Waals surface area contributed by atoms with Crippen molar-refractivity contribution in [1.29, 1.82) is 0 Å². The molecular formula is C14H26O4. The first kappa shape index (κ1) is 15.4. The average molecular weight is 258 g/mol. The summed E-state index contributed by atoms with van der Waals surface area (Å²) in [5.74, 6) is -0.0615. The molecule has 106 valence electrons.